The second kappa shape index (κ2) is 6.06. The van der Waals surface area contributed by atoms with Crippen LogP contribution in [0.25, 0.3) is 0 Å². The fourth-order valence-electron chi connectivity index (χ4n) is 2.38. The van der Waals surface area contributed by atoms with Crippen molar-refractivity contribution in [2.45, 2.75) is 38.7 Å². The minimum atomic E-state index is 0.0401. The first kappa shape index (κ1) is 14.0. The zero-order chi connectivity index (χ0) is 12.9. The van der Waals surface area contributed by atoms with Crippen LogP contribution in [-0.2, 0) is 4.74 Å². The Kier molecular flexibility index (Phi) is 5.01. The fourth-order valence-corrected chi connectivity index (χ4v) is 2.38. The molecule has 0 aromatic rings. The van der Waals surface area contributed by atoms with E-state index in [-0.39, 0.29) is 5.60 Å². The van der Waals surface area contributed by atoms with Crippen LogP contribution < -0.4 is 0 Å². The van der Waals surface area contributed by atoms with Crippen LogP contribution in [0.2, 0.25) is 0 Å². The third kappa shape index (κ3) is 3.22. The summed E-state index contributed by atoms with van der Waals surface area (Å²) in [5.41, 5.74) is 1.16. The van der Waals surface area contributed by atoms with Gasteiger partial charge >= 0.3 is 0 Å². The monoisotopic (exact) mass is 235 g/mol. The van der Waals surface area contributed by atoms with E-state index in [2.05, 4.69) is 25.1 Å². The molecule has 2 fully saturated rings. The van der Waals surface area contributed by atoms with E-state index in [1.165, 1.54) is 0 Å². The molecule has 2 rings (SSSR count). The van der Waals surface area contributed by atoms with Gasteiger partial charge in [-0.25, -0.2) is 0 Å². The minimum Gasteiger partial charge on any atom is -0.487 e. The summed E-state index contributed by atoms with van der Waals surface area (Å²) in [5.74, 6) is 0.939. The Morgan fingerprint density at radius 2 is 1.88 bits per heavy atom. The van der Waals surface area contributed by atoms with Gasteiger partial charge in [-0.2, -0.15) is 0 Å². The van der Waals surface area contributed by atoms with Crippen molar-refractivity contribution in [3.05, 3.63) is 36.6 Å². The van der Waals surface area contributed by atoms with Crippen molar-refractivity contribution in [2.24, 2.45) is 0 Å². The number of hydrogen-bond donors (Lipinski definition) is 0. The maximum absolute atomic E-state index is 6.05. The molecule has 17 heavy (non-hydrogen) atoms. The topological polar surface area (TPSA) is 12.5 Å². The summed E-state index contributed by atoms with van der Waals surface area (Å²) in [6, 6.07) is 0. The lowest BCUT2D eigenvalue weighted by Crippen LogP contribution is -2.42. The summed E-state index contributed by atoms with van der Waals surface area (Å²) in [6.45, 7) is 14.0. The van der Waals surface area contributed by atoms with E-state index >= 15 is 0 Å². The quantitative estimate of drug-likeness (QED) is 0.689. The fraction of sp³-hybridized carbons (Fsp3) is 0.600. The molecule has 0 aromatic carbocycles. The van der Waals surface area contributed by atoms with Gasteiger partial charge in [0.15, 0.2) is 0 Å². The highest BCUT2D eigenvalue weighted by atomic mass is 16.5. The number of rotatable bonds is 1. The molecule has 0 radical (unpaired) electrons. The van der Waals surface area contributed by atoms with Gasteiger partial charge in [0.05, 0.1) is 0 Å². The van der Waals surface area contributed by atoms with E-state index in [1.54, 1.807) is 6.08 Å². The molecule has 0 N–H and O–H groups in total. The largest absolute Gasteiger partial charge is 0.487 e. The van der Waals surface area contributed by atoms with Crippen LogP contribution in [-0.4, -0.2) is 30.6 Å². The molecule has 0 amide bonds. The Labute approximate surface area is 106 Å². The molecule has 0 aromatic heterocycles. The molecule has 0 aliphatic carbocycles. The van der Waals surface area contributed by atoms with Crippen LogP contribution >= 0.6 is 0 Å². The smallest absolute Gasteiger partial charge is 0.122 e. The Bertz CT molecular complexity index is 309. The van der Waals surface area contributed by atoms with Gasteiger partial charge in [-0.3, -0.25) is 0 Å². The van der Waals surface area contributed by atoms with E-state index in [0.29, 0.717) is 0 Å². The first-order valence-electron chi connectivity index (χ1n) is 6.54. The molecule has 2 aliphatic heterocycles. The molecule has 0 unspecified atom stereocenters. The highest BCUT2D eigenvalue weighted by Gasteiger charge is 2.42. The first-order valence-corrected chi connectivity index (χ1v) is 6.54. The lowest BCUT2D eigenvalue weighted by atomic mass is 9.88. The number of nitrogens with zero attached hydrogens (tertiary/aromatic N) is 1. The van der Waals surface area contributed by atoms with E-state index in [9.17, 15) is 0 Å². The summed E-state index contributed by atoms with van der Waals surface area (Å²) in [5, 5.41) is 0. The van der Waals surface area contributed by atoms with Gasteiger partial charge in [0.1, 0.15) is 11.4 Å². The van der Waals surface area contributed by atoms with E-state index in [1.807, 2.05) is 19.9 Å². The van der Waals surface area contributed by atoms with Crippen molar-refractivity contribution < 1.29 is 4.74 Å². The van der Waals surface area contributed by atoms with Crippen molar-refractivity contribution in [1.82, 2.24) is 4.90 Å². The molecule has 2 aliphatic rings. The van der Waals surface area contributed by atoms with Crippen molar-refractivity contribution in [1.29, 1.82) is 0 Å². The normalized spacial score (nSPS) is 25.4. The average Bonchev–Trinajstić information content (AvgIpc) is 2.64. The van der Waals surface area contributed by atoms with E-state index < -0.39 is 0 Å². The summed E-state index contributed by atoms with van der Waals surface area (Å²) >= 11 is 0. The third-order valence-electron chi connectivity index (χ3n) is 3.38. The Morgan fingerprint density at radius 3 is 2.41 bits per heavy atom. The maximum atomic E-state index is 6.05. The maximum Gasteiger partial charge on any atom is 0.122 e. The number of piperidine rings is 1. The van der Waals surface area contributed by atoms with Crippen LogP contribution in [0.3, 0.4) is 0 Å². The molecular weight excluding hydrogens is 210 g/mol. The third-order valence-corrected chi connectivity index (χ3v) is 3.38. The Hall–Kier alpha value is -1.02. The van der Waals surface area contributed by atoms with Gasteiger partial charge in [0.25, 0.3) is 0 Å². The zero-order valence-electron chi connectivity index (χ0n) is 11.5. The predicted octanol–water partition coefficient (Wildman–Crippen LogP) is 3.52. The lowest BCUT2D eigenvalue weighted by Gasteiger charge is -2.36. The van der Waals surface area contributed by atoms with Gasteiger partial charge in [-0.1, -0.05) is 33.1 Å². The van der Waals surface area contributed by atoms with Crippen LogP contribution in [0.4, 0.5) is 0 Å². The molecule has 2 heteroatoms. The molecule has 2 nitrogen and oxygen atoms in total. The molecule has 1 spiro atoms. The highest BCUT2D eigenvalue weighted by Crippen LogP contribution is 2.42. The van der Waals surface area contributed by atoms with E-state index in [0.717, 1.165) is 43.7 Å². The average molecular weight is 235 g/mol. The minimum absolute atomic E-state index is 0.0401. The van der Waals surface area contributed by atoms with Gasteiger partial charge in [-0.05, 0) is 18.7 Å². The first-order chi connectivity index (χ1) is 8.15. The molecular formula is C15H25NO. The number of allylic oxidation sites excluding steroid dienone is 3. The predicted molar refractivity (Wildman–Crippen MR) is 73.9 cm³/mol. The van der Waals surface area contributed by atoms with Gasteiger partial charge < -0.3 is 9.64 Å². The molecule has 96 valence electrons. The standard InChI is InChI=1S/C13H19NO.C2H6/c1-4-5-12-11(2)10-13(15-12)6-8-14(3)9-7-13;1-2/h4-5H,1-2,6-10H2,3H3;1-2H3/b12-5+;. The number of ether oxygens (including phenoxy) is 1. The SMILES string of the molecule is C=C/C=C1/OC2(CCN(C)CC2)CC1=C.CC. The van der Waals surface area contributed by atoms with E-state index in [4.69, 9.17) is 4.74 Å². The molecule has 0 bridgehead atoms. The van der Waals surface area contributed by atoms with Crippen LogP contribution in [0.15, 0.2) is 36.6 Å². The summed E-state index contributed by atoms with van der Waals surface area (Å²) in [4.78, 5) is 2.35. The Balaban J connectivity index is 0.000000686. The molecule has 2 heterocycles. The second-order valence-corrected chi connectivity index (χ2v) is 4.64. The van der Waals surface area contributed by atoms with Gasteiger partial charge in [0.2, 0.25) is 0 Å². The molecule has 2 saturated heterocycles. The van der Waals surface area contributed by atoms with Crippen molar-refractivity contribution >= 4 is 0 Å². The van der Waals surface area contributed by atoms with Crippen LogP contribution in [0.5, 0.6) is 0 Å². The van der Waals surface area contributed by atoms with Crippen molar-refractivity contribution in [3.63, 3.8) is 0 Å². The highest BCUT2D eigenvalue weighted by molar-refractivity contribution is 5.33. The van der Waals surface area contributed by atoms with Gasteiger partial charge in [-0.15, -0.1) is 0 Å². The molecule has 0 atom stereocenters. The summed E-state index contributed by atoms with van der Waals surface area (Å²) < 4.78 is 6.05. The molecule has 0 saturated carbocycles. The van der Waals surface area contributed by atoms with Crippen LogP contribution in [0, 0.1) is 0 Å². The zero-order valence-corrected chi connectivity index (χ0v) is 11.5. The van der Waals surface area contributed by atoms with Crippen LogP contribution in [0.1, 0.15) is 33.1 Å². The Morgan fingerprint density at radius 1 is 1.29 bits per heavy atom. The number of likely N-dealkylation sites (tertiary alicyclic amines) is 1. The van der Waals surface area contributed by atoms with Crippen molar-refractivity contribution in [2.75, 3.05) is 20.1 Å². The summed E-state index contributed by atoms with van der Waals surface area (Å²) in [6.07, 6.45) is 6.90. The second-order valence-electron chi connectivity index (χ2n) is 4.64. The van der Waals surface area contributed by atoms with Crippen molar-refractivity contribution in [3.8, 4) is 0 Å². The number of hydrogen-bond acceptors (Lipinski definition) is 2. The summed E-state index contributed by atoms with van der Waals surface area (Å²) in [7, 11) is 2.16. The lowest BCUT2D eigenvalue weighted by molar-refractivity contribution is -0.0128. The van der Waals surface area contributed by atoms with Gasteiger partial charge in [0, 0.05) is 32.4 Å².